The third-order valence-corrected chi connectivity index (χ3v) is 1.06. The molecule has 4 radical (unpaired) electrons. The first-order valence-corrected chi connectivity index (χ1v) is 3.04. The van der Waals surface area contributed by atoms with Gasteiger partial charge in [-0.05, 0) is 34.8 Å². The Morgan fingerprint density at radius 1 is 0.700 bits per heavy atom. The van der Waals surface area contributed by atoms with Crippen molar-refractivity contribution in [2.24, 2.45) is 0 Å². The Morgan fingerprint density at radius 3 is 1.10 bits per heavy atom. The molecule has 0 aliphatic rings. The van der Waals surface area contributed by atoms with Gasteiger partial charge < -0.3 is 0 Å². The molecule has 0 aliphatic heterocycles. The maximum atomic E-state index is 5.32. The summed E-state index contributed by atoms with van der Waals surface area (Å²) in [5, 5.41) is 0.00000000000000178. The van der Waals surface area contributed by atoms with Gasteiger partial charge in [0, 0.05) is 11.0 Å². The van der Waals surface area contributed by atoms with Crippen molar-refractivity contribution in [3.05, 3.63) is 15.9 Å². The van der Waals surface area contributed by atoms with Crippen LogP contribution in [-0.2, 0) is 0 Å². The van der Waals surface area contributed by atoms with Crippen molar-refractivity contribution in [3.63, 3.8) is 0 Å². The molecule has 1 rings (SSSR count). The Hall–Kier alpha value is 0.0969. The van der Waals surface area contributed by atoms with E-state index >= 15 is 0 Å². The second kappa shape index (κ2) is 4.08. The predicted octanol–water partition coefficient (Wildman–Crippen LogP) is 1.45. The molecule has 52 valence electrons. The highest BCUT2D eigenvalue weighted by Crippen LogP contribution is 2.08. The lowest BCUT2D eigenvalue weighted by atomic mass is 11.1. The van der Waals surface area contributed by atoms with Gasteiger partial charge in [0.05, 0.1) is 0 Å². The van der Waals surface area contributed by atoms with Crippen molar-refractivity contribution in [1.29, 1.82) is 0 Å². The van der Waals surface area contributed by atoms with Crippen LogP contribution in [-0.4, -0.2) is 25.9 Å². The van der Waals surface area contributed by atoms with Gasteiger partial charge in [0.15, 0.2) is 0 Å². The van der Waals surface area contributed by atoms with Crippen LogP contribution in [0.2, 0.25) is 15.9 Å². The van der Waals surface area contributed by atoms with Crippen molar-refractivity contribution in [2.75, 3.05) is 0 Å². The Bertz CT molecular complexity index is 180. The number of nitrogens with zero attached hydrogens (tertiary/aromatic N) is 3. The van der Waals surface area contributed by atoms with Gasteiger partial charge >= 0.3 is 0 Å². The van der Waals surface area contributed by atoms with Gasteiger partial charge in [-0.1, -0.05) is 0 Å². The predicted molar refractivity (Wildman–Crippen MR) is 40.6 cm³/mol. The lowest BCUT2D eigenvalue weighted by Crippen LogP contribution is -1.87. The maximum Gasteiger partial charge on any atom is 0.227 e. The van der Waals surface area contributed by atoms with Gasteiger partial charge in [-0.25, -0.2) is 0 Å². The fourth-order valence-electron chi connectivity index (χ4n) is 0.303. The van der Waals surface area contributed by atoms with Gasteiger partial charge in [-0.3, -0.25) is 0 Å². The highest BCUT2D eigenvalue weighted by molar-refractivity contribution is 6.33. The fraction of sp³-hybridized carbons (Fsp3) is 0. The first kappa shape index (κ1) is 10.1. The first-order valence-electron chi connectivity index (χ1n) is 1.91. The molecule has 0 spiro atoms. The van der Waals surface area contributed by atoms with Crippen molar-refractivity contribution in [2.45, 2.75) is 0 Å². The third-order valence-electron chi connectivity index (χ3n) is 0.554. The molecule has 0 unspecified atom stereocenters. The minimum Gasteiger partial charge on any atom is -0.187 e. The summed E-state index contributed by atoms with van der Waals surface area (Å²) < 4.78 is 0. The highest BCUT2D eigenvalue weighted by Gasteiger charge is 1.97. The Morgan fingerprint density at radius 2 is 0.900 bits per heavy atom. The van der Waals surface area contributed by atoms with E-state index in [1.54, 1.807) is 0 Å². The monoisotopic (exact) mass is 211 g/mol. The lowest BCUT2D eigenvalue weighted by Gasteiger charge is -1.88. The van der Waals surface area contributed by atoms with Crippen molar-refractivity contribution in [3.8, 4) is 0 Å². The molecule has 0 aromatic carbocycles. The van der Waals surface area contributed by atoms with Gasteiger partial charge in [0.2, 0.25) is 15.9 Å². The molecule has 0 saturated carbocycles. The first-order chi connectivity index (χ1) is 4.18. The van der Waals surface area contributed by atoms with E-state index in [0.717, 1.165) is 0 Å². The van der Waals surface area contributed by atoms with Crippen LogP contribution in [0.3, 0.4) is 0 Å². The van der Waals surface area contributed by atoms with Crippen LogP contribution < -0.4 is 0 Å². The number of halogens is 3. The second-order valence-electron chi connectivity index (χ2n) is 1.14. The smallest absolute Gasteiger partial charge is 0.187 e. The van der Waals surface area contributed by atoms with Crippen LogP contribution >= 0.6 is 34.8 Å². The van der Waals surface area contributed by atoms with E-state index < -0.39 is 0 Å². The SMILES string of the molecule is Clc1nc(Cl)nc(Cl)n1.[Si]. The van der Waals surface area contributed by atoms with Gasteiger partial charge in [-0.2, -0.15) is 15.0 Å². The average molecular weight is 212 g/mol. The summed E-state index contributed by atoms with van der Waals surface area (Å²) in [6.45, 7) is 0. The number of hydrogen-bond acceptors (Lipinski definition) is 3. The molecular weight excluding hydrogens is 212 g/mol. The third kappa shape index (κ3) is 2.79. The molecule has 7 heteroatoms. The minimum absolute atomic E-state index is 0. The normalized spacial score (nSPS) is 8.70. The second-order valence-corrected chi connectivity index (χ2v) is 2.16. The van der Waals surface area contributed by atoms with E-state index in [1.807, 2.05) is 0 Å². The van der Waals surface area contributed by atoms with Crippen molar-refractivity contribution < 1.29 is 0 Å². The van der Waals surface area contributed by atoms with Crippen LogP contribution in [0.5, 0.6) is 0 Å². The zero-order chi connectivity index (χ0) is 6.85. The molecule has 0 aliphatic carbocycles. The highest BCUT2D eigenvalue weighted by atomic mass is 35.5. The fourth-order valence-corrected chi connectivity index (χ4v) is 0.913. The van der Waals surface area contributed by atoms with E-state index in [4.69, 9.17) is 34.8 Å². The van der Waals surface area contributed by atoms with E-state index in [1.165, 1.54) is 0 Å². The molecular formula is C3Cl3N3Si. The van der Waals surface area contributed by atoms with E-state index in [2.05, 4.69) is 15.0 Å². The molecule has 1 aromatic rings. The summed E-state index contributed by atoms with van der Waals surface area (Å²) in [4.78, 5) is 10.4. The van der Waals surface area contributed by atoms with Crippen LogP contribution in [0, 0.1) is 0 Å². The molecule has 0 saturated heterocycles. The van der Waals surface area contributed by atoms with E-state index in [-0.39, 0.29) is 26.8 Å². The van der Waals surface area contributed by atoms with Gasteiger partial charge in [0.1, 0.15) is 0 Å². The quantitative estimate of drug-likeness (QED) is 0.611. The van der Waals surface area contributed by atoms with Crippen LogP contribution in [0.4, 0.5) is 0 Å². The number of rotatable bonds is 0. The van der Waals surface area contributed by atoms with E-state index in [9.17, 15) is 0 Å². The molecule has 0 bridgehead atoms. The number of aromatic nitrogens is 3. The van der Waals surface area contributed by atoms with Crippen LogP contribution in [0.25, 0.3) is 0 Å². The standard InChI is InChI=1S/C3Cl3N3.Si/c4-1-7-2(5)9-3(6)8-1;. The molecule has 0 amide bonds. The topological polar surface area (TPSA) is 38.7 Å². The summed E-state index contributed by atoms with van der Waals surface area (Å²) in [5.41, 5.74) is 0. The minimum atomic E-state index is 0. The molecule has 1 aromatic heterocycles. The Kier molecular flexibility index (Phi) is 4.11. The summed E-state index contributed by atoms with van der Waals surface area (Å²) in [5.74, 6) is 0. The van der Waals surface area contributed by atoms with Crippen molar-refractivity contribution in [1.82, 2.24) is 15.0 Å². The zero-order valence-corrected chi connectivity index (χ0v) is 7.74. The molecule has 10 heavy (non-hydrogen) atoms. The molecule has 1 heterocycles. The lowest BCUT2D eigenvalue weighted by molar-refractivity contribution is 1.05. The maximum absolute atomic E-state index is 5.32. The summed E-state index contributed by atoms with van der Waals surface area (Å²) in [7, 11) is 0. The zero-order valence-electron chi connectivity index (χ0n) is 4.48. The van der Waals surface area contributed by atoms with Crippen LogP contribution in [0.1, 0.15) is 0 Å². The molecule has 0 atom stereocenters. The van der Waals surface area contributed by atoms with Gasteiger partial charge in [-0.15, -0.1) is 0 Å². The molecule has 0 N–H and O–H groups in total. The van der Waals surface area contributed by atoms with Crippen LogP contribution in [0.15, 0.2) is 0 Å². The van der Waals surface area contributed by atoms with E-state index in [0.29, 0.717) is 0 Å². The van der Waals surface area contributed by atoms with Gasteiger partial charge in [0.25, 0.3) is 0 Å². The summed E-state index contributed by atoms with van der Waals surface area (Å²) in [6, 6.07) is 0. The van der Waals surface area contributed by atoms with Crippen molar-refractivity contribution >= 4 is 45.8 Å². The average Bonchev–Trinajstić information content (AvgIpc) is 1.59. The molecule has 3 nitrogen and oxygen atoms in total. The Labute approximate surface area is 76.8 Å². The Balaban J connectivity index is 0.000000810. The molecule has 0 fully saturated rings. The number of hydrogen-bond donors (Lipinski definition) is 0. The largest absolute Gasteiger partial charge is 0.227 e. The summed E-state index contributed by atoms with van der Waals surface area (Å²) in [6.07, 6.45) is 0. The summed E-state index contributed by atoms with van der Waals surface area (Å²) >= 11 is 16.0.